The van der Waals surface area contributed by atoms with Crippen molar-refractivity contribution in [2.75, 3.05) is 14.2 Å². The van der Waals surface area contributed by atoms with Gasteiger partial charge in [0.15, 0.2) is 0 Å². The molecule has 1 aromatic rings. The molecule has 1 N–H and O–H groups in total. The highest BCUT2D eigenvalue weighted by Crippen LogP contribution is 2.19. The Labute approximate surface area is 79.2 Å². The fraction of sp³-hybridized carbons (Fsp3) is 0.273. The maximum absolute atomic E-state index is 5.13. The lowest BCUT2D eigenvalue weighted by atomic mass is 10.1. The lowest BCUT2D eigenvalue weighted by molar-refractivity contribution is 0.414. The molecule has 0 fully saturated rings. The van der Waals surface area contributed by atoms with E-state index in [0.29, 0.717) is 0 Å². The zero-order valence-electron chi connectivity index (χ0n) is 8.08. The van der Waals surface area contributed by atoms with Crippen LogP contribution in [0.15, 0.2) is 36.9 Å². The zero-order chi connectivity index (χ0) is 9.68. The maximum Gasteiger partial charge on any atom is 0.119 e. The van der Waals surface area contributed by atoms with Crippen LogP contribution in [0.3, 0.4) is 0 Å². The molecule has 0 saturated heterocycles. The lowest BCUT2D eigenvalue weighted by Gasteiger charge is -2.12. The molecule has 0 heterocycles. The number of hydrogen-bond acceptors (Lipinski definition) is 2. The van der Waals surface area contributed by atoms with Gasteiger partial charge in [-0.2, -0.15) is 0 Å². The summed E-state index contributed by atoms with van der Waals surface area (Å²) in [7, 11) is 3.58. The van der Waals surface area contributed by atoms with Gasteiger partial charge in [0.1, 0.15) is 5.75 Å². The van der Waals surface area contributed by atoms with E-state index < -0.39 is 0 Å². The molecule has 1 unspecified atom stereocenters. The molecule has 0 aromatic heterocycles. The van der Waals surface area contributed by atoms with Crippen molar-refractivity contribution in [3.05, 3.63) is 42.5 Å². The number of nitrogens with one attached hydrogen (secondary N) is 1. The number of methoxy groups -OCH3 is 1. The molecule has 0 saturated carbocycles. The Bertz CT molecular complexity index is 283. The summed E-state index contributed by atoms with van der Waals surface area (Å²) in [5, 5.41) is 3.15. The van der Waals surface area contributed by atoms with Gasteiger partial charge < -0.3 is 10.1 Å². The first kappa shape index (κ1) is 9.81. The van der Waals surface area contributed by atoms with Crippen molar-refractivity contribution in [2.24, 2.45) is 0 Å². The number of ether oxygens (including phenoxy) is 1. The first-order chi connectivity index (χ1) is 6.31. The second kappa shape index (κ2) is 4.67. The topological polar surface area (TPSA) is 21.3 Å². The van der Waals surface area contributed by atoms with Crippen LogP contribution >= 0.6 is 0 Å². The fourth-order valence-corrected chi connectivity index (χ4v) is 1.26. The quantitative estimate of drug-likeness (QED) is 0.711. The Morgan fingerprint density at radius 2 is 2.31 bits per heavy atom. The molecule has 0 spiro atoms. The van der Waals surface area contributed by atoms with E-state index in [1.165, 1.54) is 0 Å². The van der Waals surface area contributed by atoms with Crippen molar-refractivity contribution in [2.45, 2.75) is 6.04 Å². The molecule has 0 radical (unpaired) electrons. The summed E-state index contributed by atoms with van der Waals surface area (Å²) >= 11 is 0. The Morgan fingerprint density at radius 3 is 2.85 bits per heavy atom. The van der Waals surface area contributed by atoms with Crippen LogP contribution in [0.1, 0.15) is 11.6 Å². The van der Waals surface area contributed by atoms with Crippen LogP contribution in [-0.2, 0) is 0 Å². The molecule has 0 aliphatic rings. The van der Waals surface area contributed by atoms with E-state index in [0.717, 1.165) is 11.3 Å². The predicted octanol–water partition coefficient (Wildman–Crippen LogP) is 2.14. The van der Waals surface area contributed by atoms with E-state index >= 15 is 0 Å². The highest BCUT2D eigenvalue weighted by molar-refractivity contribution is 5.32. The molecule has 1 atom stereocenters. The molecule has 70 valence electrons. The van der Waals surface area contributed by atoms with Gasteiger partial charge in [-0.3, -0.25) is 0 Å². The third kappa shape index (κ3) is 2.33. The van der Waals surface area contributed by atoms with Gasteiger partial charge in [0, 0.05) is 0 Å². The monoisotopic (exact) mass is 177 g/mol. The fourth-order valence-electron chi connectivity index (χ4n) is 1.26. The van der Waals surface area contributed by atoms with Crippen LogP contribution in [0.5, 0.6) is 5.75 Å². The molecule has 0 bridgehead atoms. The van der Waals surface area contributed by atoms with Gasteiger partial charge in [-0.1, -0.05) is 18.2 Å². The summed E-state index contributed by atoms with van der Waals surface area (Å²) < 4.78 is 5.13. The van der Waals surface area contributed by atoms with Crippen molar-refractivity contribution < 1.29 is 4.74 Å². The van der Waals surface area contributed by atoms with Crippen molar-refractivity contribution in [1.82, 2.24) is 5.32 Å². The average molecular weight is 177 g/mol. The van der Waals surface area contributed by atoms with Gasteiger partial charge in [0.05, 0.1) is 13.2 Å². The SMILES string of the molecule is C=CC(NC)c1cccc(OC)c1. The van der Waals surface area contributed by atoms with Gasteiger partial charge in [0.25, 0.3) is 0 Å². The molecule has 1 aromatic carbocycles. The van der Waals surface area contributed by atoms with Crippen LogP contribution in [0.4, 0.5) is 0 Å². The van der Waals surface area contributed by atoms with Crippen molar-refractivity contribution in [3.8, 4) is 5.75 Å². The summed E-state index contributed by atoms with van der Waals surface area (Å²) in [4.78, 5) is 0. The Morgan fingerprint density at radius 1 is 1.54 bits per heavy atom. The highest BCUT2D eigenvalue weighted by atomic mass is 16.5. The molecule has 13 heavy (non-hydrogen) atoms. The van der Waals surface area contributed by atoms with E-state index in [2.05, 4.69) is 11.9 Å². The second-order valence-electron chi connectivity index (χ2n) is 2.78. The minimum absolute atomic E-state index is 0.190. The molecule has 0 aliphatic carbocycles. The largest absolute Gasteiger partial charge is 0.497 e. The second-order valence-corrected chi connectivity index (χ2v) is 2.78. The average Bonchev–Trinajstić information content (AvgIpc) is 2.20. The third-order valence-electron chi connectivity index (χ3n) is 2.00. The van der Waals surface area contributed by atoms with E-state index in [9.17, 15) is 0 Å². The van der Waals surface area contributed by atoms with Crippen LogP contribution < -0.4 is 10.1 Å². The van der Waals surface area contributed by atoms with Crippen LogP contribution in [0.2, 0.25) is 0 Å². The molecule has 2 nitrogen and oxygen atoms in total. The number of benzene rings is 1. The van der Waals surface area contributed by atoms with Crippen molar-refractivity contribution in [1.29, 1.82) is 0 Å². The van der Waals surface area contributed by atoms with Crippen LogP contribution in [-0.4, -0.2) is 14.2 Å². The smallest absolute Gasteiger partial charge is 0.119 e. The van der Waals surface area contributed by atoms with Crippen LogP contribution in [0.25, 0.3) is 0 Å². The van der Waals surface area contributed by atoms with Gasteiger partial charge >= 0.3 is 0 Å². The summed E-state index contributed by atoms with van der Waals surface area (Å²) in [5.74, 6) is 0.875. The summed E-state index contributed by atoms with van der Waals surface area (Å²) in [5.41, 5.74) is 1.16. The van der Waals surface area contributed by atoms with Gasteiger partial charge in [-0.25, -0.2) is 0 Å². The molecular formula is C11H15NO. The first-order valence-electron chi connectivity index (χ1n) is 4.25. The normalized spacial score (nSPS) is 12.2. The third-order valence-corrected chi connectivity index (χ3v) is 2.00. The minimum Gasteiger partial charge on any atom is -0.497 e. The summed E-state index contributed by atoms with van der Waals surface area (Å²) in [6.45, 7) is 3.76. The summed E-state index contributed by atoms with van der Waals surface area (Å²) in [6.07, 6.45) is 1.87. The lowest BCUT2D eigenvalue weighted by Crippen LogP contribution is -2.13. The van der Waals surface area contributed by atoms with Gasteiger partial charge in [-0.05, 0) is 24.7 Å². The van der Waals surface area contributed by atoms with E-state index in [1.54, 1.807) is 7.11 Å². The van der Waals surface area contributed by atoms with Gasteiger partial charge in [-0.15, -0.1) is 6.58 Å². The minimum atomic E-state index is 0.190. The summed E-state index contributed by atoms with van der Waals surface area (Å²) in [6, 6.07) is 8.14. The van der Waals surface area contributed by atoms with E-state index in [-0.39, 0.29) is 6.04 Å². The van der Waals surface area contributed by atoms with Crippen molar-refractivity contribution >= 4 is 0 Å². The Kier molecular flexibility index (Phi) is 3.53. The zero-order valence-corrected chi connectivity index (χ0v) is 8.08. The molecule has 2 heteroatoms. The maximum atomic E-state index is 5.13. The van der Waals surface area contributed by atoms with Gasteiger partial charge in [0.2, 0.25) is 0 Å². The molecule has 0 amide bonds. The first-order valence-corrected chi connectivity index (χ1v) is 4.25. The van der Waals surface area contributed by atoms with E-state index in [1.807, 2.05) is 37.4 Å². The number of rotatable bonds is 4. The van der Waals surface area contributed by atoms with Crippen molar-refractivity contribution in [3.63, 3.8) is 0 Å². The Hall–Kier alpha value is -1.28. The highest BCUT2D eigenvalue weighted by Gasteiger charge is 2.04. The van der Waals surface area contributed by atoms with E-state index in [4.69, 9.17) is 4.74 Å². The number of likely N-dealkylation sites (N-methyl/N-ethyl adjacent to an activating group) is 1. The molecule has 1 rings (SSSR count). The van der Waals surface area contributed by atoms with Crippen LogP contribution in [0, 0.1) is 0 Å². The standard InChI is InChI=1S/C11H15NO/c1-4-11(12-2)9-6-5-7-10(8-9)13-3/h4-8,11-12H,1H2,2-3H3. The number of hydrogen-bond donors (Lipinski definition) is 1. The molecule has 0 aliphatic heterocycles. The molecular weight excluding hydrogens is 162 g/mol. The predicted molar refractivity (Wildman–Crippen MR) is 55.0 cm³/mol. The Balaban J connectivity index is 2.92.